The Labute approximate surface area is 210 Å². The molecule has 1 heterocycles. The molecule has 1 fully saturated rings. The molecular weight excluding hydrogens is 462 g/mol. The third-order valence-electron chi connectivity index (χ3n) is 6.63. The number of hydrogen-bond donors (Lipinski definition) is 2. The summed E-state index contributed by atoms with van der Waals surface area (Å²) in [5.41, 5.74) is 1.89. The van der Waals surface area contributed by atoms with Crippen LogP contribution in [-0.4, -0.2) is 34.7 Å². The van der Waals surface area contributed by atoms with Gasteiger partial charge in [-0.3, -0.25) is 14.2 Å². The van der Waals surface area contributed by atoms with E-state index in [9.17, 15) is 9.59 Å². The van der Waals surface area contributed by atoms with Crippen molar-refractivity contribution < 1.29 is 14.3 Å². The number of fused-ring (bicyclic) bond motifs is 1. The largest absolute Gasteiger partial charge is 0.490 e. The smallest absolute Gasteiger partial charge is 0.262 e. The molecule has 0 radical (unpaired) electrons. The molecule has 2 N–H and O–H groups in total. The molecule has 0 spiro atoms. The number of amides is 1. The zero-order chi connectivity index (χ0) is 24.9. The molecule has 1 aliphatic carbocycles. The molecule has 0 bridgehead atoms. The zero-order valence-corrected chi connectivity index (χ0v) is 21.4. The van der Waals surface area contributed by atoms with Crippen LogP contribution in [0.2, 0.25) is 0 Å². The van der Waals surface area contributed by atoms with Crippen molar-refractivity contribution in [1.29, 1.82) is 0 Å². The molecule has 35 heavy (non-hydrogen) atoms. The summed E-state index contributed by atoms with van der Waals surface area (Å²) in [6.45, 7) is 7.22. The van der Waals surface area contributed by atoms with Gasteiger partial charge in [-0.05, 0) is 68.6 Å². The molecule has 186 valence electrons. The highest BCUT2D eigenvalue weighted by Gasteiger charge is 2.23. The number of carbonyl (C=O) groups excluding carboxylic acids is 1. The van der Waals surface area contributed by atoms with E-state index < -0.39 is 0 Å². The van der Waals surface area contributed by atoms with Crippen LogP contribution >= 0.6 is 12.2 Å². The Morgan fingerprint density at radius 1 is 1.09 bits per heavy atom. The van der Waals surface area contributed by atoms with E-state index in [1.807, 2.05) is 26.0 Å². The summed E-state index contributed by atoms with van der Waals surface area (Å²) >= 11 is 5.50. The number of nitrogens with zero attached hydrogens (tertiary/aromatic N) is 1. The molecule has 2 aromatic carbocycles. The Hall–Kier alpha value is -3.13. The van der Waals surface area contributed by atoms with Gasteiger partial charge in [0, 0.05) is 17.7 Å². The summed E-state index contributed by atoms with van der Waals surface area (Å²) in [5, 5.41) is 3.66. The van der Waals surface area contributed by atoms with Gasteiger partial charge in [-0.15, -0.1) is 0 Å². The number of aromatic nitrogens is 2. The monoisotopic (exact) mass is 495 g/mol. The molecular formula is C27H33N3O4S. The van der Waals surface area contributed by atoms with Crippen molar-refractivity contribution in [3.8, 4) is 11.5 Å². The molecule has 4 rings (SSSR count). The first-order valence-corrected chi connectivity index (χ1v) is 12.8. The predicted molar refractivity (Wildman–Crippen MR) is 140 cm³/mol. The maximum absolute atomic E-state index is 13.3. The van der Waals surface area contributed by atoms with Crippen molar-refractivity contribution in [1.82, 2.24) is 14.9 Å². The second-order valence-corrected chi connectivity index (χ2v) is 9.46. The molecule has 0 unspecified atom stereocenters. The van der Waals surface area contributed by atoms with E-state index in [1.165, 1.54) is 11.0 Å². The Morgan fingerprint density at radius 3 is 2.40 bits per heavy atom. The first-order chi connectivity index (χ1) is 16.9. The average molecular weight is 496 g/mol. The van der Waals surface area contributed by atoms with Crippen molar-refractivity contribution >= 4 is 29.0 Å². The molecule has 1 aliphatic rings. The molecule has 7 nitrogen and oxygen atoms in total. The van der Waals surface area contributed by atoms with Crippen molar-refractivity contribution in [2.75, 3.05) is 13.2 Å². The van der Waals surface area contributed by atoms with Crippen LogP contribution in [0.4, 0.5) is 0 Å². The van der Waals surface area contributed by atoms with Crippen LogP contribution in [0.25, 0.3) is 10.9 Å². The van der Waals surface area contributed by atoms with E-state index in [0.29, 0.717) is 58.4 Å². The quantitative estimate of drug-likeness (QED) is 0.419. The highest BCUT2D eigenvalue weighted by atomic mass is 32.1. The fraction of sp³-hybridized carbons (Fsp3) is 0.444. The minimum Gasteiger partial charge on any atom is -0.490 e. The van der Waals surface area contributed by atoms with Gasteiger partial charge in [0.1, 0.15) is 0 Å². The highest BCUT2D eigenvalue weighted by molar-refractivity contribution is 7.71. The lowest BCUT2D eigenvalue weighted by molar-refractivity contribution is 0.0910. The van der Waals surface area contributed by atoms with Crippen molar-refractivity contribution in [2.45, 2.75) is 59.0 Å². The van der Waals surface area contributed by atoms with E-state index in [0.717, 1.165) is 24.8 Å². The standard InChI is InChI=1S/C27H33N3O4S/c1-4-33-23-14-20-22(15-24(23)34-5-2)29-27(35)30(26(20)32)16-18-10-12-19(13-11-18)25(31)28-21-9-7-6-8-17(21)3/h10-15,17,21H,4-9,16H2,1-3H3,(H,28,31)(H,29,35)/t17-,21-/m1/s1. The van der Waals surface area contributed by atoms with Crippen LogP contribution in [0.1, 0.15) is 62.4 Å². The van der Waals surface area contributed by atoms with Gasteiger partial charge < -0.3 is 19.8 Å². The summed E-state index contributed by atoms with van der Waals surface area (Å²) in [4.78, 5) is 29.2. The summed E-state index contributed by atoms with van der Waals surface area (Å²) in [6, 6.07) is 11.0. The van der Waals surface area contributed by atoms with Gasteiger partial charge in [-0.1, -0.05) is 31.9 Å². The van der Waals surface area contributed by atoms with E-state index in [2.05, 4.69) is 17.2 Å². The lowest BCUT2D eigenvalue weighted by Gasteiger charge is -2.29. The molecule has 8 heteroatoms. The molecule has 1 aromatic heterocycles. The Kier molecular flexibility index (Phi) is 7.90. The minimum absolute atomic E-state index is 0.0518. The molecule has 1 saturated carbocycles. The first-order valence-electron chi connectivity index (χ1n) is 12.4. The third kappa shape index (κ3) is 5.59. The van der Waals surface area contributed by atoms with Crippen LogP contribution < -0.4 is 20.3 Å². The van der Waals surface area contributed by atoms with Gasteiger partial charge in [0.2, 0.25) is 0 Å². The zero-order valence-electron chi connectivity index (χ0n) is 20.6. The SMILES string of the molecule is CCOc1cc2[nH]c(=S)n(Cc3ccc(C(=O)N[C@@H]4CCCC[C@H]4C)cc3)c(=O)c2cc1OCC. The van der Waals surface area contributed by atoms with Gasteiger partial charge in [0.05, 0.1) is 30.7 Å². The molecule has 0 saturated heterocycles. The maximum Gasteiger partial charge on any atom is 0.262 e. The topological polar surface area (TPSA) is 85.4 Å². The van der Waals surface area contributed by atoms with Crippen LogP contribution in [-0.2, 0) is 6.54 Å². The van der Waals surface area contributed by atoms with Gasteiger partial charge in [-0.2, -0.15) is 0 Å². The van der Waals surface area contributed by atoms with Gasteiger partial charge >= 0.3 is 0 Å². The van der Waals surface area contributed by atoms with E-state index >= 15 is 0 Å². The van der Waals surface area contributed by atoms with Crippen molar-refractivity contribution in [2.24, 2.45) is 5.92 Å². The number of rotatable bonds is 8. The normalized spacial score (nSPS) is 17.8. The van der Waals surface area contributed by atoms with Gasteiger partial charge in [0.25, 0.3) is 11.5 Å². The average Bonchev–Trinajstić information content (AvgIpc) is 2.85. The molecule has 0 aliphatic heterocycles. The van der Waals surface area contributed by atoms with Crippen molar-refractivity contribution in [3.63, 3.8) is 0 Å². The lowest BCUT2D eigenvalue weighted by Crippen LogP contribution is -2.41. The third-order valence-corrected chi connectivity index (χ3v) is 6.95. The molecule has 3 aromatic rings. The van der Waals surface area contributed by atoms with Crippen molar-refractivity contribution in [3.05, 3.63) is 62.6 Å². The van der Waals surface area contributed by atoms with Gasteiger partial charge in [0.15, 0.2) is 16.3 Å². The second-order valence-electron chi connectivity index (χ2n) is 9.07. The van der Waals surface area contributed by atoms with Gasteiger partial charge in [-0.25, -0.2) is 0 Å². The number of aromatic amines is 1. The number of carbonyl (C=O) groups is 1. The predicted octanol–water partition coefficient (Wildman–Crippen LogP) is 5.21. The van der Waals surface area contributed by atoms with E-state index in [1.54, 1.807) is 24.3 Å². The lowest BCUT2D eigenvalue weighted by atomic mass is 9.86. The first kappa shape index (κ1) is 25.0. The fourth-order valence-corrected chi connectivity index (χ4v) is 4.92. The number of hydrogen-bond acceptors (Lipinski definition) is 5. The minimum atomic E-state index is -0.208. The summed E-state index contributed by atoms with van der Waals surface area (Å²) in [6.07, 6.45) is 4.59. The number of H-pyrrole nitrogens is 1. The highest BCUT2D eigenvalue weighted by Crippen LogP contribution is 2.31. The summed E-state index contributed by atoms with van der Waals surface area (Å²) in [5.74, 6) is 1.55. The van der Waals surface area contributed by atoms with E-state index in [-0.39, 0.29) is 17.5 Å². The maximum atomic E-state index is 13.3. The number of benzene rings is 2. The Balaban J connectivity index is 1.57. The van der Waals surface area contributed by atoms with Crippen LogP contribution in [0.3, 0.4) is 0 Å². The second kappa shape index (κ2) is 11.1. The fourth-order valence-electron chi connectivity index (χ4n) is 4.67. The summed E-state index contributed by atoms with van der Waals surface area (Å²) < 4.78 is 13.2. The van der Waals surface area contributed by atoms with Crippen LogP contribution in [0.15, 0.2) is 41.2 Å². The number of nitrogens with one attached hydrogen (secondary N) is 2. The Bertz CT molecular complexity index is 1310. The number of ether oxygens (including phenoxy) is 2. The summed E-state index contributed by atoms with van der Waals surface area (Å²) in [7, 11) is 0. The Morgan fingerprint density at radius 2 is 1.74 bits per heavy atom. The van der Waals surface area contributed by atoms with Crippen LogP contribution in [0, 0.1) is 10.7 Å². The van der Waals surface area contributed by atoms with E-state index in [4.69, 9.17) is 21.7 Å². The molecule has 2 atom stereocenters. The van der Waals surface area contributed by atoms with Crippen LogP contribution in [0.5, 0.6) is 11.5 Å². The molecule has 1 amide bonds.